The van der Waals surface area contributed by atoms with Crippen molar-refractivity contribution in [3.05, 3.63) is 89.6 Å². The van der Waals surface area contributed by atoms with Gasteiger partial charge in [-0.15, -0.1) is 11.3 Å². The Morgan fingerprint density at radius 1 is 1.09 bits per heavy atom. The zero-order valence-corrected chi connectivity index (χ0v) is 20.3. The van der Waals surface area contributed by atoms with Gasteiger partial charge < -0.3 is 15.4 Å². The second-order valence-corrected chi connectivity index (χ2v) is 10.3. The van der Waals surface area contributed by atoms with Crippen LogP contribution in [-0.4, -0.2) is 42.0 Å². The fraction of sp³-hybridized carbons (Fsp3) is 0.125. The molecule has 0 aliphatic carbocycles. The number of aromatic nitrogens is 2. The minimum atomic E-state index is -3.48. The molecule has 2 amide bonds. The number of hydrogen-bond acceptors (Lipinski definition) is 7. The molecule has 11 heteroatoms. The van der Waals surface area contributed by atoms with Crippen LogP contribution in [0, 0.1) is 0 Å². The molecule has 2 aromatic heterocycles. The molecule has 0 spiro atoms. The van der Waals surface area contributed by atoms with Crippen LogP contribution in [0.3, 0.4) is 0 Å². The van der Waals surface area contributed by atoms with Crippen molar-refractivity contribution in [2.75, 3.05) is 18.1 Å². The number of para-hydroxylation sites is 1. The number of thiazole rings is 1. The van der Waals surface area contributed by atoms with Crippen molar-refractivity contribution >= 4 is 38.3 Å². The SMILES string of the molecule is CS(=O)(=O)n1ccc(C(=O)NCC(=O)Nc2nc(-c3cccc(COc4ccccc4)c3)cs2)c1. The Morgan fingerprint density at radius 2 is 1.89 bits per heavy atom. The standard InChI is InChI=1S/C24H22N4O5S2/c1-35(31,32)28-11-10-19(14-28)23(30)25-13-22(29)27-24-26-21(16-34-24)18-7-5-6-17(12-18)15-33-20-8-3-2-4-9-20/h2-12,14,16H,13,15H2,1H3,(H,25,30)(H,26,27,29). The molecule has 2 heterocycles. The van der Waals surface area contributed by atoms with Gasteiger partial charge in [0, 0.05) is 23.3 Å². The zero-order chi connectivity index (χ0) is 24.8. The fourth-order valence-corrected chi connectivity index (χ4v) is 4.43. The van der Waals surface area contributed by atoms with Crippen LogP contribution in [0.5, 0.6) is 5.75 Å². The lowest BCUT2D eigenvalue weighted by molar-refractivity contribution is -0.115. The Kier molecular flexibility index (Phi) is 7.28. The van der Waals surface area contributed by atoms with Crippen LogP contribution in [0.1, 0.15) is 15.9 Å². The summed E-state index contributed by atoms with van der Waals surface area (Å²) < 4.78 is 29.7. The smallest absolute Gasteiger partial charge is 0.253 e. The minimum absolute atomic E-state index is 0.135. The number of benzene rings is 2. The Balaban J connectivity index is 1.31. The highest BCUT2D eigenvalue weighted by Gasteiger charge is 2.14. The molecule has 180 valence electrons. The van der Waals surface area contributed by atoms with Crippen LogP contribution in [-0.2, 0) is 21.4 Å². The molecule has 0 aliphatic rings. The molecule has 2 N–H and O–H groups in total. The first-order valence-electron chi connectivity index (χ1n) is 10.5. The lowest BCUT2D eigenvalue weighted by Crippen LogP contribution is -2.32. The van der Waals surface area contributed by atoms with Crippen LogP contribution in [0.2, 0.25) is 0 Å². The van der Waals surface area contributed by atoms with E-state index < -0.39 is 21.8 Å². The number of nitrogens with one attached hydrogen (secondary N) is 2. The van der Waals surface area contributed by atoms with E-state index in [1.165, 1.54) is 29.8 Å². The van der Waals surface area contributed by atoms with E-state index in [-0.39, 0.29) is 12.1 Å². The molecule has 4 aromatic rings. The molecule has 0 saturated heterocycles. The normalized spacial score (nSPS) is 11.1. The minimum Gasteiger partial charge on any atom is -0.489 e. The monoisotopic (exact) mass is 510 g/mol. The van der Waals surface area contributed by atoms with E-state index in [4.69, 9.17) is 4.74 Å². The van der Waals surface area contributed by atoms with Gasteiger partial charge in [-0.1, -0.05) is 36.4 Å². The van der Waals surface area contributed by atoms with Gasteiger partial charge in [0.2, 0.25) is 15.9 Å². The third-order valence-corrected chi connectivity index (χ3v) is 6.59. The summed E-state index contributed by atoms with van der Waals surface area (Å²) in [6.07, 6.45) is 3.48. The van der Waals surface area contributed by atoms with Crippen molar-refractivity contribution in [2.24, 2.45) is 0 Å². The summed E-state index contributed by atoms with van der Waals surface area (Å²) >= 11 is 1.27. The fourth-order valence-electron chi connectivity index (χ4n) is 3.11. The second kappa shape index (κ2) is 10.5. The highest BCUT2D eigenvalue weighted by molar-refractivity contribution is 7.89. The van der Waals surface area contributed by atoms with Gasteiger partial charge >= 0.3 is 0 Å². The Labute approximate surface area is 206 Å². The number of amides is 2. The predicted molar refractivity (Wildman–Crippen MR) is 134 cm³/mol. The quantitative estimate of drug-likeness (QED) is 0.356. The van der Waals surface area contributed by atoms with Gasteiger partial charge in [-0.3, -0.25) is 13.6 Å². The maximum Gasteiger partial charge on any atom is 0.253 e. The average molecular weight is 511 g/mol. The Bertz CT molecular complexity index is 1450. The number of nitrogens with zero attached hydrogens (tertiary/aromatic N) is 2. The number of rotatable bonds is 9. The van der Waals surface area contributed by atoms with E-state index in [9.17, 15) is 18.0 Å². The molecule has 0 fully saturated rings. The van der Waals surface area contributed by atoms with Crippen LogP contribution in [0.4, 0.5) is 5.13 Å². The summed E-state index contributed by atoms with van der Waals surface area (Å²) in [5.41, 5.74) is 2.71. The largest absolute Gasteiger partial charge is 0.489 e. The molecule has 0 bridgehead atoms. The van der Waals surface area contributed by atoms with Crippen LogP contribution < -0.4 is 15.4 Å². The van der Waals surface area contributed by atoms with E-state index in [1.807, 2.05) is 60.0 Å². The van der Waals surface area contributed by atoms with E-state index >= 15 is 0 Å². The highest BCUT2D eigenvalue weighted by atomic mass is 32.2. The predicted octanol–water partition coefficient (Wildman–Crippen LogP) is 3.37. The first kappa shape index (κ1) is 24.2. The molecule has 9 nitrogen and oxygen atoms in total. The van der Waals surface area contributed by atoms with Gasteiger partial charge in [-0.25, -0.2) is 13.4 Å². The molecule has 35 heavy (non-hydrogen) atoms. The summed E-state index contributed by atoms with van der Waals surface area (Å²) in [5, 5.41) is 7.35. The van der Waals surface area contributed by atoms with Crippen molar-refractivity contribution < 1.29 is 22.7 Å². The first-order valence-corrected chi connectivity index (χ1v) is 13.2. The van der Waals surface area contributed by atoms with Gasteiger partial charge in [0.1, 0.15) is 12.4 Å². The molecule has 0 atom stereocenters. The van der Waals surface area contributed by atoms with Crippen molar-refractivity contribution in [1.82, 2.24) is 14.3 Å². The summed E-state index contributed by atoms with van der Waals surface area (Å²) in [6.45, 7) is 0.128. The molecular weight excluding hydrogens is 488 g/mol. The number of ether oxygens (including phenoxy) is 1. The highest BCUT2D eigenvalue weighted by Crippen LogP contribution is 2.26. The Morgan fingerprint density at radius 3 is 2.63 bits per heavy atom. The van der Waals surface area contributed by atoms with E-state index in [0.717, 1.165) is 27.1 Å². The molecular formula is C24H22N4O5S2. The van der Waals surface area contributed by atoms with E-state index in [2.05, 4.69) is 15.6 Å². The second-order valence-electron chi connectivity index (χ2n) is 7.56. The van der Waals surface area contributed by atoms with E-state index in [1.54, 1.807) is 0 Å². The molecule has 0 saturated carbocycles. The Hall–Kier alpha value is -3.96. The van der Waals surface area contributed by atoms with Crippen LogP contribution in [0.15, 0.2) is 78.4 Å². The summed E-state index contributed by atoms with van der Waals surface area (Å²) in [6, 6.07) is 18.7. The maximum absolute atomic E-state index is 12.3. The number of carbonyl (C=O) groups excluding carboxylic acids is 2. The van der Waals surface area contributed by atoms with Crippen molar-refractivity contribution in [3.63, 3.8) is 0 Å². The lowest BCUT2D eigenvalue weighted by Gasteiger charge is -2.07. The van der Waals surface area contributed by atoms with Gasteiger partial charge in [-0.05, 0) is 29.8 Å². The van der Waals surface area contributed by atoms with Crippen LogP contribution >= 0.6 is 11.3 Å². The number of carbonyl (C=O) groups is 2. The number of anilines is 1. The van der Waals surface area contributed by atoms with Gasteiger partial charge in [0.25, 0.3) is 5.91 Å². The molecule has 0 unspecified atom stereocenters. The lowest BCUT2D eigenvalue weighted by atomic mass is 10.1. The van der Waals surface area contributed by atoms with E-state index in [0.29, 0.717) is 17.4 Å². The average Bonchev–Trinajstić information content (AvgIpc) is 3.52. The van der Waals surface area contributed by atoms with Crippen molar-refractivity contribution in [3.8, 4) is 17.0 Å². The third kappa shape index (κ3) is 6.55. The van der Waals surface area contributed by atoms with Gasteiger partial charge in [-0.2, -0.15) is 0 Å². The van der Waals surface area contributed by atoms with Crippen LogP contribution in [0.25, 0.3) is 11.3 Å². The third-order valence-electron chi connectivity index (χ3n) is 4.84. The molecule has 0 radical (unpaired) electrons. The molecule has 0 aliphatic heterocycles. The summed E-state index contributed by atoms with van der Waals surface area (Å²) in [7, 11) is -3.48. The topological polar surface area (TPSA) is 119 Å². The molecule has 2 aromatic carbocycles. The summed E-state index contributed by atoms with van der Waals surface area (Å²) in [4.78, 5) is 28.9. The van der Waals surface area contributed by atoms with Gasteiger partial charge in [0.15, 0.2) is 5.13 Å². The molecule has 4 rings (SSSR count). The van der Waals surface area contributed by atoms with Crippen molar-refractivity contribution in [1.29, 1.82) is 0 Å². The summed E-state index contributed by atoms with van der Waals surface area (Å²) in [5.74, 6) is -0.222. The first-order chi connectivity index (χ1) is 16.8. The van der Waals surface area contributed by atoms with Gasteiger partial charge in [0.05, 0.1) is 24.1 Å². The maximum atomic E-state index is 12.3. The van der Waals surface area contributed by atoms with Crippen molar-refractivity contribution in [2.45, 2.75) is 6.61 Å². The number of hydrogen-bond donors (Lipinski definition) is 2. The zero-order valence-electron chi connectivity index (χ0n) is 18.7.